The normalized spacial score (nSPS) is 26.9. The molecule has 0 aromatic rings. The van der Waals surface area contributed by atoms with Gasteiger partial charge in [-0.05, 0) is 0 Å². The van der Waals surface area contributed by atoms with Crippen molar-refractivity contribution in [2.45, 2.75) is 0 Å². The first-order valence-electron chi connectivity index (χ1n) is 2.89. The second-order valence-electron chi connectivity index (χ2n) is 1.92. The van der Waals surface area contributed by atoms with E-state index in [-0.39, 0.29) is 6.61 Å². The molecule has 1 rings (SSSR count). The van der Waals surface area contributed by atoms with Crippen LogP contribution in [-0.4, -0.2) is 37.7 Å². The molecular weight excluding hydrogens is 104 g/mol. The van der Waals surface area contributed by atoms with E-state index >= 15 is 0 Å². The predicted molar refractivity (Wildman–Crippen MR) is 31.1 cm³/mol. The highest BCUT2D eigenvalue weighted by atomic mass is 16.3. The number of hydrogen-bond donors (Lipinski definition) is 2. The van der Waals surface area contributed by atoms with Gasteiger partial charge in [0.15, 0.2) is 6.34 Å². The van der Waals surface area contributed by atoms with Crippen molar-refractivity contribution in [2.24, 2.45) is 4.99 Å². The molecule has 0 amide bonds. The summed E-state index contributed by atoms with van der Waals surface area (Å²) in [5.74, 6) is 0. The van der Waals surface area contributed by atoms with E-state index in [2.05, 4.69) is 4.99 Å². The molecule has 1 aliphatic rings. The zero-order chi connectivity index (χ0) is 5.82. The fourth-order valence-corrected chi connectivity index (χ4v) is 0.800. The van der Waals surface area contributed by atoms with Gasteiger partial charge in [-0.15, -0.1) is 0 Å². The number of aliphatic imine (C=N–C) groups is 1. The molecule has 0 bridgehead atoms. The molecule has 46 valence electrons. The van der Waals surface area contributed by atoms with E-state index in [1.807, 2.05) is 6.34 Å². The van der Waals surface area contributed by atoms with Gasteiger partial charge >= 0.3 is 0 Å². The molecule has 1 heterocycles. The van der Waals surface area contributed by atoms with Crippen molar-refractivity contribution in [3.05, 3.63) is 0 Å². The van der Waals surface area contributed by atoms with Crippen LogP contribution in [0, 0.1) is 0 Å². The van der Waals surface area contributed by atoms with Crippen LogP contribution in [0.5, 0.6) is 0 Å². The van der Waals surface area contributed by atoms with Crippen molar-refractivity contribution in [3.63, 3.8) is 0 Å². The van der Waals surface area contributed by atoms with Crippen LogP contribution in [0.25, 0.3) is 0 Å². The third-order valence-corrected chi connectivity index (χ3v) is 1.27. The zero-order valence-electron chi connectivity index (χ0n) is 4.80. The van der Waals surface area contributed by atoms with Gasteiger partial charge in [-0.1, -0.05) is 0 Å². The number of rotatable bonds is 2. The Labute approximate surface area is 48.6 Å². The first-order valence-corrected chi connectivity index (χ1v) is 2.89. The molecule has 0 fully saturated rings. The summed E-state index contributed by atoms with van der Waals surface area (Å²) < 4.78 is 0. The average Bonchev–Trinajstić information content (AvgIpc) is 2.19. The minimum absolute atomic E-state index is 0.265. The topological polar surface area (TPSA) is 37.0 Å². The number of quaternary nitrogens is 1. The van der Waals surface area contributed by atoms with Crippen LogP contribution in [0.15, 0.2) is 4.99 Å². The Balaban J connectivity index is 2.16. The van der Waals surface area contributed by atoms with Gasteiger partial charge in [0.25, 0.3) is 0 Å². The Morgan fingerprint density at radius 3 is 3.12 bits per heavy atom. The van der Waals surface area contributed by atoms with E-state index in [4.69, 9.17) is 5.11 Å². The van der Waals surface area contributed by atoms with Crippen molar-refractivity contribution in [2.75, 3.05) is 26.2 Å². The zero-order valence-corrected chi connectivity index (χ0v) is 4.80. The first-order chi connectivity index (χ1) is 3.93. The molecule has 1 atom stereocenters. The summed E-state index contributed by atoms with van der Waals surface area (Å²) in [6.45, 7) is 3.06. The van der Waals surface area contributed by atoms with Gasteiger partial charge in [-0.25, -0.2) is 4.99 Å². The fraction of sp³-hybridized carbons (Fsp3) is 0.800. The Bertz CT molecular complexity index is 92.4. The maximum Gasteiger partial charge on any atom is 0.183 e. The monoisotopic (exact) mass is 115 g/mol. The predicted octanol–water partition coefficient (Wildman–Crippen LogP) is -2.09. The third-order valence-electron chi connectivity index (χ3n) is 1.27. The van der Waals surface area contributed by atoms with Gasteiger partial charge in [0.1, 0.15) is 13.1 Å². The molecule has 0 saturated carbocycles. The van der Waals surface area contributed by atoms with E-state index in [0.29, 0.717) is 0 Å². The SMILES string of the molecule is OCC[NH+]1C=NCC1. The van der Waals surface area contributed by atoms with Crippen molar-refractivity contribution < 1.29 is 10.0 Å². The van der Waals surface area contributed by atoms with E-state index in [0.717, 1.165) is 19.6 Å². The molecule has 8 heavy (non-hydrogen) atoms. The van der Waals surface area contributed by atoms with Crippen molar-refractivity contribution in [3.8, 4) is 0 Å². The van der Waals surface area contributed by atoms with Gasteiger partial charge in [0.05, 0.1) is 13.2 Å². The summed E-state index contributed by atoms with van der Waals surface area (Å²) in [4.78, 5) is 5.29. The standard InChI is InChI=1S/C5H10N2O/c8-4-3-7-2-1-6-5-7/h5,8H,1-4H2/p+1. The third kappa shape index (κ3) is 1.28. The summed E-state index contributed by atoms with van der Waals surface area (Å²) in [5, 5.41) is 8.44. The van der Waals surface area contributed by atoms with Crippen LogP contribution >= 0.6 is 0 Å². The second-order valence-corrected chi connectivity index (χ2v) is 1.92. The minimum atomic E-state index is 0.265. The van der Waals surface area contributed by atoms with E-state index in [1.165, 1.54) is 4.90 Å². The maximum atomic E-state index is 8.44. The van der Waals surface area contributed by atoms with Crippen molar-refractivity contribution in [1.29, 1.82) is 0 Å². The highest BCUT2D eigenvalue weighted by molar-refractivity contribution is 5.44. The molecule has 1 unspecified atom stereocenters. The van der Waals surface area contributed by atoms with E-state index < -0.39 is 0 Å². The lowest BCUT2D eigenvalue weighted by Crippen LogP contribution is -3.10. The quantitative estimate of drug-likeness (QED) is 0.425. The number of nitrogens with one attached hydrogen (secondary N) is 1. The molecule has 0 aromatic carbocycles. The molecule has 0 saturated heterocycles. The van der Waals surface area contributed by atoms with Gasteiger partial charge in [0, 0.05) is 0 Å². The van der Waals surface area contributed by atoms with Gasteiger partial charge in [-0.3, -0.25) is 4.90 Å². The number of aliphatic hydroxyl groups is 1. The highest BCUT2D eigenvalue weighted by Crippen LogP contribution is 1.65. The summed E-state index contributed by atoms with van der Waals surface area (Å²) in [7, 11) is 0. The molecule has 0 radical (unpaired) electrons. The molecule has 0 spiro atoms. The first kappa shape index (κ1) is 5.72. The number of aliphatic hydroxyl groups excluding tert-OH is 1. The smallest absolute Gasteiger partial charge is 0.183 e. The minimum Gasteiger partial charge on any atom is -0.390 e. The van der Waals surface area contributed by atoms with Crippen LogP contribution < -0.4 is 4.90 Å². The Morgan fingerprint density at radius 1 is 1.75 bits per heavy atom. The molecule has 2 N–H and O–H groups in total. The molecule has 0 aliphatic carbocycles. The molecular formula is C5H11N2O+. The number of nitrogens with zero attached hydrogens (tertiary/aromatic N) is 1. The van der Waals surface area contributed by atoms with Crippen LogP contribution in [0.3, 0.4) is 0 Å². The molecule has 1 aliphatic heterocycles. The van der Waals surface area contributed by atoms with Crippen LogP contribution in [0.1, 0.15) is 0 Å². The van der Waals surface area contributed by atoms with Crippen LogP contribution in [0.2, 0.25) is 0 Å². The van der Waals surface area contributed by atoms with Gasteiger partial charge in [-0.2, -0.15) is 0 Å². The van der Waals surface area contributed by atoms with Gasteiger partial charge in [0.2, 0.25) is 0 Å². The molecule has 0 aromatic heterocycles. The van der Waals surface area contributed by atoms with E-state index in [1.54, 1.807) is 0 Å². The summed E-state index contributed by atoms with van der Waals surface area (Å²) >= 11 is 0. The average molecular weight is 115 g/mol. The molecule has 3 heteroatoms. The Morgan fingerprint density at radius 2 is 2.62 bits per heavy atom. The Hall–Kier alpha value is -0.410. The lowest BCUT2D eigenvalue weighted by atomic mass is 10.5. The largest absolute Gasteiger partial charge is 0.390 e. The fourth-order valence-electron chi connectivity index (χ4n) is 0.800. The maximum absolute atomic E-state index is 8.44. The summed E-state index contributed by atoms with van der Waals surface area (Å²) in [5.41, 5.74) is 0. The van der Waals surface area contributed by atoms with Crippen LogP contribution in [-0.2, 0) is 0 Å². The Kier molecular flexibility index (Phi) is 2.00. The van der Waals surface area contributed by atoms with Crippen molar-refractivity contribution in [1.82, 2.24) is 0 Å². The molecule has 3 nitrogen and oxygen atoms in total. The number of hydrogen-bond acceptors (Lipinski definition) is 2. The lowest BCUT2D eigenvalue weighted by Gasteiger charge is -2.03. The van der Waals surface area contributed by atoms with E-state index in [9.17, 15) is 0 Å². The van der Waals surface area contributed by atoms with Crippen molar-refractivity contribution >= 4 is 6.34 Å². The second kappa shape index (κ2) is 2.79. The summed E-state index contributed by atoms with van der Waals surface area (Å²) in [6.07, 6.45) is 1.87. The highest BCUT2D eigenvalue weighted by Gasteiger charge is 2.07. The lowest BCUT2D eigenvalue weighted by molar-refractivity contribution is -0.791. The van der Waals surface area contributed by atoms with Gasteiger partial charge < -0.3 is 5.11 Å². The summed E-state index contributed by atoms with van der Waals surface area (Å²) in [6, 6.07) is 0. The van der Waals surface area contributed by atoms with Crippen LogP contribution in [0.4, 0.5) is 0 Å².